The Labute approximate surface area is 127 Å². The topological polar surface area (TPSA) is 74.5 Å². The molecule has 0 atom stereocenters. The van der Waals surface area contributed by atoms with E-state index in [-0.39, 0.29) is 0 Å². The van der Waals surface area contributed by atoms with Crippen molar-refractivity contribution in [3.63, 3.8) is 0 Å². The second-order valence-corrected chi connectivity index (χ2v) is 5.79. The summed E-state index contributed by atoms with van der Waals surface area (Å²) in [6, 6.07) is 8.26. The minimum absolute atomic E-state index is 0.582. The molecular weight excluding hydrogens is 284 g/mol. The number of nitrogens with zero attached hydrogens (tertiary/aromatic N) is 5. The summed E-state index contributed by atoms with van der Waals surface area (Å²) in [6.07, 6.45) is 0. The number of rotatable bonds is 5. The largest absolute Gasteiger partial charge is 0.329 e. The Balaban J connectivity index is 1.84. The SMILES string of the molecule is Cc1nnc(SCc2nn(C)c3ccccc23)n1CCN. The molecule has 0 saturated heterocycles. The summed E-state index contributed by atoms with van der Waals surface area (Å²) < 4.78 is 3.97. The predicted molar refractivity (Wildman–Crippen MR) is 84.1 cm³/mol. The van der Waals surface area contributed by atoms with Crippen LogP contribution >= 0.6 is 11.8 Å². The lowest BCUT2D eigenvalue weighted by Gasteiger charge is -2.05. The van der Waals surface area contributed by atoms with Crippen molar-refractivity contribution >= 4 is 22.7 Å². The molecule has 21 heavy (non-hydrogen) atoms. The summed E-state index contributed by atoms with van der Waals surface area (Å²) in [5.74, 6) is 1.66. The first kappa shape index (κ1) is 14.1. The Morgan fingerprint density at radius 3 is 2.86 bits per heavy atom. The molecule has 0 amide bonds. The number of thioether (sulfide) groups is 1. The lowest BCUT2D eigenvalue weighted by molar-refractivity contribution is 0.627. The first-order valence-corrected chi connectivity index (χ1v) is 7.82. The maximum Gasteiger partial charge on any atom is 0.191 e. The molecule has 3 rings (SSSR count). The zero-order chi connectivity index (χ0) is 14.8. The molecule has 0 aliphatic rings. The van der Waals surface area contributed by atoms with Gasteiger partial charge in [-0.25, -0.2) is 0 Å². The van der Waals surface area contributed by atoms with E-state index in [1.165, 1.54) is 5.39 Å². The number of para-hydroxylation sites is 1. The van der Waals surface area contributed by atoms with Crippen LogP contribution in [0.3, 0.4) is 0 Å². The predicted octanol–water partition coefficient (Wildman–Crippen LogP) is 1.72. The fourth-order valence-corrected chi connectivity index (χ4v) is 3.34. The van der Waals surface area contributed by atoms with Gasteiger partial charge in [0.25, 0.3) is 0 Å². The van der Waals surface area contributed by atoms with Crippen molar-refractivity contribution in [3.8, 4) is 0 Å². The van der Waals surface area contributed by atoms with E-state index < -0.39 is 0 Å². The molecule has 110 valence electrons. The number of aromatic nitrogens is 5. The Morgan fingerprint density at radius 1 is 1.24 bits per heavy atom. The lowest BCUT2D eigenvalue weighted by atomic mass is 10.2. The second-order valence-electron chi connectivity index (χ2n) is 4.85. The average molecular weight is 302 g/mol. The quantitative estimate of drug-likeness (QED) is 0.726. The third-order valence-corrected chi connectivity index (χ3v) is 4.40. The van der Waals surface area contributed by atoms with Gasteiger partial charge in [0.05, 0.1) is 11.2 Å². The molecule has 1 aromatic carbocycles. The van der Waals surface area contributed by atoms with Crippen LogP contribution in [0.1, 0.15) is 11.5 Å². The van der Waals surface area contributed by atoms with Crippen LogP contribution in [0.4, 0.5) is 0 Å². The van der Waals surface area contributed by atoms with Crippen LogP contribution in [-0.2, 0) is 19.3 Å². The summed E-state index contributed by atoms with van der Waals surface area (Å²) in [5, 5.41) is 15.0. The van der Waals surface area contributed by atoms with E-state index in [2.05, 4.69) is 32.0 Å². The Morgan fingerprint density at radius 2 is 2.05 bits per heavy atom. The van der Waals surface area contributed by atoms with Gasteiger partial charge in [0, 0.05) is 31.3 Å². The average Bonchev–Trinajstić information content (AvgIpc) is 3.00. The van der Waals surface area contributed by atoms with E-state index in [0.29, 0.717) is 6.54 Å². The third kappa shape index (κ3) is 2.66. The number of hydrogen-bond donors (Lipinski definition) is 1. The summed E-state index contributed by atoms with van der Waals surface area (Å²) in [4.78, 5) is 0. The molecule has 0 aliphatic carbocycles. The molecule has 2 heterocycles. The van der Waals surface area contributed by atoms with Crippen LogP contribution in [0, 0.1) is 6.92 Å². The molecule has 0 unspecified atom stereocenters. The van der Waals surface area contributed by atoms with Gasteiger partial charge in [-0.1, -0.05) is 30.0 Å². The fraction of sp³-hybridized carbons (Fsp3) is 0.357. The highest BCUT2D eigenvalue weighted by atomic mass is 32.2. The van der Waals surface area contributed by atoms with Crippen LogP contribution in [-0.4, -0.2) is 31.1 Å². The zero-order valence-corrected chi connectivity index (χ0v) is 13.0. The van der Waals surface area contributed by atoms with Crippen LogP contribution in [0.2, 0.25) is 0 Å². The second kappa shape index (κ2) is 5.87. The van der Waals surface area contributed by atoms with E-state index in [9.17, 15) is 0 Å². The Bertz CT molecular complexity index is 760. The van der Waals surface area contributed by atoms with Gasteiger partial charge in [0.2, 0.25) is 0 Å². The molecule has 0 bridgehead atoms. The van der Waals surface area contributed by atoms with Crippen molar-refractivity contribution in [2.45, 2.75) is 24.4 Å². The fourth-order valence-electron chi connectivity index (χ4n) is 2.38. The standard InChI is InChI=1S/C14H18N6S/c1-10-16-17-14(20(10)8-7-15)21-9-12-11-5-3-4-6-13(11)19(2)18-12/h3-6H,7-9,15H2,1-2H3. The number of nitrogens with two attached hydrogens (primary N) is 1. The van der Waals surface area contributed by atoms with Crippen LogP contribution < -0.4 is 5.73 Å². The monoisotopic (exact) mass is 302 g/mol. The first-order chi connectivity index (χ1) is 10.2. The van der Waals surface area contributed by atoms with Crippen molar-refractivity contribution < 1.29 is 0 Å². The molecular formula is C14H18N6S. The minimum Gasteiger partial charge on any atom is -0.329 e. The van der Waals surface area contributed by atoms with Crippen LogP contribution in [0.15, 0.2) is 29.4 Å². The molecule has 0 aliphatic heterocycles. The summed E-state index contributed by atoms with van der Waals surface area (Å²) in [5.41, 5.74) is 7.85. The molecule has 2 aromatic heterocycles. The zero-order valence-electron chi connectivity index (χ0n) is 12.2. The first-order valence-electron chi connectivity index (χ1n) is 6.84. The van der Waals surface area contributed by atoms with Gasteiger partial charge in [-0.05, 0) is 13.0 Å². The summed E-state index contributed by atoms with van der Waals surface area (Å²) in [7, 11) is 1.97. The summed E-state index contributed by atoms with van der Waals surface area (Å²) in [6.45, 7) is 3.27. The van der Waals surface area contributed by atoms with Gasteiger partial charge in [-0.15, -0.1) is 10.2 Å². The molecule has 0 saturated carbocycles. The van der Waals surface area contributed by atoms with Crippen molar-refractivity contribution in [1.82, 2.24) is 24.5 Å². The molecule has 2 N–H and O–H groups in total. The maximum absolute atomic E-state index is 5.64. The van der Waals surface area contributed by atoms with Gasteiger partial charge in [-0.2, -0.15) is 5.10 Å². The third-order valence-electron chi connectivity index (χ3n) is 3.43. The number of fused-ring (bicyclic) bond motifs is 1. The van der Waals surface area contributed by atoms with E-state index >= 15 is 0 Å². The maximum atomic E-state index is 5.64. The van der Waals surface area contributed by atoms with Gasteiger partial charge < -0.3 is 10.3 Å². The minimum atomic E-state index is 0.582. The normalized spacial score (nSPS) is 11.4. The number of aryl methyl sites for hydroxylation is 2. The summed E-state index contributed by atoms with van der Waals surface area (Å²) >= 11 is 1.65. The molecule has 3 aromatic rings. The number of hydrogen-bond acceptors (Lipinski definition) is 5. The highest BCUT2D eigenvalue weighted by molar-refractivity contribution is 7.98. The molecule has 0 spiro atoms. The lowest BCUT2D eigenvalue weighted by Crippen LogP contribution is -2.12. The van der Waals surface area contributed by atoms with E-state index in [1.807, 2.05) is 30.8 Å². The van der Waals surface area contributed by atoms with E-state index in [4.69, 9.17) is 5.73 Å². The van der Waals surface area contributed by atoms with Crippen molar-refractivity contribution in [3.05, 3.63) is 35.8 Å². The van der Waals surface area contributed by atoms with Crippen molar-refractivity contribution in [1.29, 1.82) is 0 Å². The van der Waals surface area contributed by atoms with Crippen LogP contribution in [0.5, 0.6) is 0 Å². The van der Waals surface area contributed by atoms with Gasteiger partial charge in [0.15, 0.2) is 5.16 Å². The molecule has 0 radical (unpaired) electrons. The van der Waals surface area contributed by atoms with Crippen molar-refractivity contribution in [2.24, 2.45) is 12.8 Å². The highest BCUT2D eigenvalue weighted by Gasteiger charge is 2.12. The Kier molecular flexibility index (Phi) is 3.94. The van der Waals surface area contributed by atoms with Gasteiger partial charge >= 0.3 is 0 Å². The number of benzene rings is 1. The smallest absolute Gasteiger partial charge is 0.191 e. The van der Waals surface area contributed by atoms with Crippen molar-refractivity contribution in [2.75, 3.05) is 6.54 Å². The van der Waals surface area contributed by atoms with Gasteiger partial charge in [-0.3, -0.25) is 4.68 Å². The Hall–Kier alpha value is -1.86. The van der Waals surface area contributed by atoms with Crippen LogP contribution in [0.25, 0.3) is 10.9 Å². The highest BCUT2D eigenvalue weighted by Crippen LogP contribution is 2.25. The molecule has 7 heteroatoms. The van der Waals surface area contributed by atoms with E-state index in [0.717, 1.165) is 34.5 Å². The molecule has 0 fully saturated rings. The van der Waals surface area contributed by atoms with Gasteiger partial charge in [0.1, 0.15) is 5.82 Å². The molecule has 6 nitrogen and oxygen atoms in total. The van der Waals surface area contributed by atoms with E-state index in [1.54, 1.807) is 11.8 Å².